The zero-order chi connectivity index (χ0) is 25.5. The van der Waals surface area contributed by atoms with Gasteiger partial charge < -0.3 is 15.1 Å². The van der Waals surface area contributed by atoms with Crippen molar-refractivity contribution in [3.8, 4) is 0 Å². The Kier molecular flexibility index (Phi) is 6.41. The summed E-state index contributed by atoms with van der Waals surface area (Å²) in [4.78, 5) is 27.5. The third-order valence-electron chi connectivity index (χ3n) is 6.23. The van der Waals surface area contributed by atoms with E-state index in [4.69, 9.17) is 0 Å². The van der Waals surface area contributed by atoms with Crippen LogP contribution in [0.2, 0.25) is 0 Å². The fraction of sp³-hybridized carbons (Fsp3) is 0.391. The number of non-ortho nitro benzene ring substituents is 1. The molecule has 0 aliphatic carbocycles. The number of piperazine rings is 1. The van der Waals surface area contributed by atoms with Crippen molar-refractivity contribution in [2.75, 3.05) is 43.4 Å². The Balaban J connectivity index is 1.75. The van der Waals surface area contributed by atoms with Gasteiger partial charge in [0.2, 0.25) is 0 Å². The lowest BCUT2D eigenvalue weighted by Gasteiger charge is -2.34. The number of nitro groups is 1. The number of nitrogens with one attached hydrogen (secondary N) is 1. The van der Waals surface area contributed by atoms with E-state index in [1.807, 2.05) is 19.2 Å². The van der Waals surface area contributed by atoms with Gasteiger partial charge in [-0.3, -0.25) is 14.9 Å². The van der Waals surface area contributed by atoms with E-state index in [1.54, 1.807) is 13.0 Å². The van der Waals surface area contributed by atoms with E-state index in [1.165, 1.54) is 7.05 Å². The van der Waals surface area contributed by atoms with Crippen molar-refractivity contribution in [1.82, 2.24) is 14.7 Å². The topological polar surface area (TPSA) is 96.5 Å². The minimum absolute atomic E-state index is 0.0746. The first-order chi connectivity index (χ1) is 16.4. The summed E-state index contributed by atoms with van der Waals surface area (Å²) >= 11 is 0. The Bertz CT molecular complexity index is 1330. The summed E-state index contributed by atoms with van der Waals surface area (Å²) in [5.74, 6) is 0.297. The van der Waals surface area contributed by atoms with Crippen molar-refractivity contribution < 1.29 is 18.1 Å². The van der Waals surface area contributed by atoms with Crippen molar-refractivity contribution in [2.24, 2.45) is 7.05 Å². The monoisotopic (exact) mass is 490 g/mol. The maximum atomic E-state index is 13.4. The molecule has 1 fully saturated rings. The van der Waals surface area contributed by atoms with Crippen molar-refractivity contribution in [3.63, 3.8) is 0 Å². The summed E-state index contributed by atoms with van der Waals surface area (Å²) in [6, 6.07) is 7.17. The molecule has 1 saturated heterocycles. The number of hydrogen-bond donors (Lipinski definition) is 1. The van der Waals surface area contributed by atoms with Gasteiger partial charge in [0.05, 0.1) is 21.9 Å². The van der Waals surface area contributed by atoms with Crippen molar-refractivity contribution in [1.29, 1.82) is 0 Å². The van der Waals surface area contributed by atoms with Crippen molar-refractivity contribution in [2.45, 2.75) is 19.1 Å². The summed E-state index contributed by atoms with van der Waals surface area (Å²) < 4.78 is 41.2. The number of benzene rings is 2. The average Bonchev–Trinajstić information content (AvgIpc) is 2.81. The molecular formula is C23H25F3N6O3. The van der Waals surface area contributed by atoms with Crippen molar-refractivity contribution in [3.05, 3.63) is 68.0 Å². The molecule has 0 saturated carbocycles. The Morgan fingerprint density at radius 3 is 2.37 bits per heavy atom. The van der Waals surface area contributed by atoms with Gasteiger partial charge in [0.25, 0.3) is 11.2 Å². The third-order valence-corrected chi connectivity index (χ3v) is 6.23. The molecule has 0 bridgehead atoms. The lowest BCUT2D eigenvalue weighted by Crippen LogP contribution is -2.44. The van der Waals surface area contributed by atoms with E-state index >= 15 is 0 Å². The number of anilines is 2. The van der Waals surface area contributed by atoms with Crippen LogP contribution in [0.4, 0.5) is 30.4 Å². The molecule has 1 aromatic heterocycles. The lowest BCUT2D eigenvalue weighted by atomic mass is 10.0. The molecule has 1 N–H and O–H groups in total. The predicted molar refractivity (Wildman–Crippen MR) is 127 cm³/mol. The quantitative estimate of drug-likeness (QED) is 0.429. The molecule has 9 nitrogen and oxygen atoms in total. The predicted octanol–water partition coefficient (Wildman–Crippen LogP) is 3.79. The molecule has 0 spiro atoms. The zero-order valence-corrected chi connectivity index (χ0v) is 19.5. The van der Waals surface area contributed by atoms with E-state index < -0.39 is 28.4 Å². The van der Waals surface area contributed by atoms with Gasteiger partial charge in [-0.05, 0) is 43.8 Å². The molecule has 1 aliphatic heterocycles. The number of nitro benzene ring substituents is 1. The second-order valence-corrected chi connectivity index (χ2v) is 8.73. The molecule has 186 valence electrons. The molecule has 1 aliphatic rings. The summed E-state index contributed by atoms with van der Waals surface area (Å²) in [6.07, 6.45) is -4.74. The van der Waals surface area contributed by atoms with Crippen LogP contribution in [0.1, 0.15) is 24.1 Å². The first-order valence-electron chi connectivity index (χ1n) is 11.0. The van der Waals surface area contributed by atoms with Crippen molar-refractivity contribution >= 4 is 28.0 Å². The number of aryl methyl sites for hydroxylation is 1. The summed E-state index contributed by atoms with van der Waals surface area (Å²) in [7, 11) is 3.54. The van der Waals surface area contributed by atoms with Crippen LogP contribution in [0.5, 0.6) is 0 Å². The van der Waals surface area contributed by atoms with Crippen LogP contribution in [-0.4, -0.2) is 52.8 Å². The molecule has 1 atom stereocenters. The van der Waals surface area contributed by atoms with Gasteiger partial charge >= 0.3 is 6.18 Å². The van der Waals surface area contributed by atoms with Crippen LogP contribution >= 0.6 is 0 Å². The zero-order valence-electron chi connectivity index (χ0n) is 19.5. The highest BCUT2D eigenvalue weighted by Gasteiger charge is 2.33. The fourth-order valence-electron chi connectivity index (χ4n) is 4.15. The standard InChI is InChI=1S/C23H25F3N6O3/c1-14(15-10-16(23(24,25)26)12-18(11-15)32(34)35)27-21-20-13-17(31-8-6-29(2)7-9-31)4-5-19(20)22(33)30(3)28-21/h4-5,10-14H,6-9H2,1-3H3,(H,27,28). The molecule has 2 aromatic carbocycles. The smallest absolute Gasteiger partial charge is 0.369 e. The summed E-state index contributed by atoms with van der Waals surface area (Å²) in [5, 5.41) is 19.5. The molecule has 35 heavy (non-hydrogen) atoms. The van der Waals surface area contributed by atoms with E-state index in [-0.39, 0.29) is 11.1 Å². The number of aromatic nitrogens is 2. The molecule has 2 heterocycles. The molecule has 12 heteroatoms. The van der Waals surface area contributed by atoms with Crippen LogP contribution in [0.3, 0.4) is 0 Å². The summed E-state index contributed by atoms with van der Waals surface area (Å²) in [6.45, 7) is 5.00. The van der Waals surface area contributed by atoms with Crippen LogP contribution in [-0.2, 0) is 13.2 Å². The molecule has 1 unspecified atom stereocenters. The van der Waals surface area contributed by atoms with Gasteiger partial charge in [0, 0.05) is 56.4 Å². The second-order valence-electron chi connectivity index (χ2n) is 8.73. The number of likely N-dealkylation sites (N-methyl/N-ethyl adjacent to an activating group) is 1. The number of hydrogen-bond acceptors (Lipinski definition) is 7. The van der Waals surface area contributed by atoms with Gasteiger partial charge in [-0.1, -0.05) is 0 Å². The number of rotatable bonds is 5. The highest BCUT2D eigenvalue weighted by Crippen LogP contribution is 2.35. The maximum Gasteiger partial charge on any atom is 0.416 e. The van der Waals surface area contributed by atoms with E-state index in [2.05, 4.69) is 20.2 Å². The Labute approximate surface area is 198 Å². The van der Waals surface area contributed by atoms with Crippen LogP contribution in [0, 0.1) is 10.1 Å². The minimum Gasteiger partial charge on any atom is -0.369 e. The lowest BCUT2D eigenvalue weighted by molar-refractivity contribution is -0.385. The number of halogens is 3. The first-order valence-corrected chi connectivity index (χ1v) is 11.0. The maximum absolute atomic E-state index is 13.4. The Morgan fingerprint density at radius 1 is 1.06 bits per heavy atom. The van der Waals surface area contributed by atoms with E-state index in [9.17, 15) is 28.1 Å². The first kappa shape index (κ1) is 24.5. The molecule has 3 aromatic rings. The molecule has 0 amide bonds. The Morgan fingerprint density at radius 2 is 1.74 bits per heavy atom. The van der Waals surface area contributed by atoms with Gasteiger partial charge in [0.1, 0.15) is 0 Å². The third kappa shape index (κ3) is 5.06. The second kappa shape index (κ2) is 9.17. The SMILES string of the molecule is CC(Nc1nn(C)c(=O)c2ccc(N3CCN(C)CC3)cc12)c1cc([N+](=O)[O-])cc(C(F)(F)F)c1. The number of nitrogens with zero attached hydrogens (tertiary/aromatic N) is 5. The van der Waals surface area contributed by atoms with Gasteiger partial charge in [-0.25, -0.2) is 4.68 Å². The molecular weight excluding hydrogens is 465 g/mol. The van der Waals surface area contributed by atoms with Gasteiger partial charge in [-0.2, -0.15) is 18.3 Å². The molecule has 0 radical (unpaired) electrons. The average molecular weight is 490 g/mol. The van der Waals surface area contributed by atoms with E-state index in [0.717, 1.165) is 48.7 Å². The minimum atomic E-state index is -4.74. The van der Waals surface area contributed by atoms with Crippen LogP contribution in [0.15, 0.2) is 41.2 Å². The van der Waals surface area contributed by atoms with E-state index in [0.29, 0.717) is 22.7 Å². The van der Waals surface area contributed by atoms with Crippen LogP contribution in [0.25, 0.3) is 10.8 Å². The number of fused-ring (bicyclic) bond motifs is 1. The summed E-state index contributed by atoms with van der Waals surface area (Å²) in [5.41, 5.74) is -1.08. The van der Waals surface area contributed by atoms with Crippen LogP contribution < -0.4 is 15.8 Å². The largest absolute Gasteiger partial charge is 0.416 e. The van der Waals surface area contributed by atoms with Gasteiger partial charge in [0.15, 0.2) is 5.82 Å². The van der Waals surface area contributed by atoms with Gasteiger partial charge in [-0.15, -0.1) is 0 Å². The fourth-order valence-corrected chi connectivity index (χ4v) is 4.15. The highest BCUT2D eigenvalue weighted by atomic mass is 19.4. The molecule has 4 rings (SSSR count). The number of alkyl halides is 3. The Hall–Kier alpha value is -3.67. The highest BCUT2D eigenvalue weighted by molar-refractivity contribution is 5.93. The normalized spacial score (nSPS) is 15.9.